The summed E-state index contributed by atoms with van der Waals surface area (Å²) in [6.07, 6.45) is 0.915. The number of ketones is 1. The van der Waals surface area contributed by atoms with Gasteiger partial charge >= 0.3 is 6.09 Å². The summed E-state index contributed by atoms with van der Waals surface area (Å²) < 4.78 is 5.46. The third kappa shape index (κ3) is 5.37. The Bertz CT molecular complexity index is 620. The molecular weight excluding hydrogens is 330 g/mol. The number of hydrogen-bond donors (Lipinski definition) is 1. The molecule has 0 radical (unpaired) electrons. The number of amides is 1. The van der Waals surface area contributed by atoms with Crippen molar-refractivity contribution in [3.8, 4) is 0 Å². The number of ether oxygens (including phenoxy) is 1. The zero-order chi connectivity index (χ0) is 17.9. The molecule has 1 saturated heterocycles. The molecule has 0 atom stereocenters. The molecule has 1 amide bonds. The molecule has 132 valence electrons. The summed E-state index contributed by atoms with van der Waals surface area (Å²) >= 11 is 6.00. The van der Waals surface area contributed by atoms with Crippen LogP contribution in [0.4, 0.5) is 10.6 Å². The van der Waals surface area contributed by atoms with Gasteiger partial charge in [-0.25, -0.2) is 9.78 Å². The second-order valence-corrected chi connectivity index (χ2v) is 7.45. The molecule has 1 N–H and O–H groups in total. The van der Waals surface area contributed by atoms with Gasteiger partial charge in [-0.1, -0.05) is 11.6 Å². The number of rotatable bonds is 3. The third-order valence-electron chi connectivity index (χ3n) is 3.70. The van der Waals surface area contributed by atoms with Crippen molar-refractivity contribution >= 4 is 29.3 Å². The Kier molecular flexibility index (Phi) is 5.70. The van der Waals surface area contributed by atoms with E-state index in [0.29, 0.717) is 42.5 Å². The smallest absolute Gasteiger partial charge is 0.407 e. The summed E-state index contributed by atoms with van der Waals surface area (Å²) in [7, 11) is 0. The zero-order valence-corrected chi connectivity index (χ0v) is 15.3. The number of nitrogens with zero attached hydrogens (tertiary/aromatic N) is 2. The molecule has 6 nitrogen and oxygen atoms in total. The van der Waals surface area contributed by atoms with E-state index in [4.69, 9.17) is 16.3 Å². The van der Waals surface area contributed by atoms with Gasteiger partial charge in [-0.3, -0.25) is 4.79 Å². The molecule has 0 bridgehead atoms. The van der Waals surface area contributed by atoms with Crippen molar-refractivity contribution in [3.05, 3.63) is 22.8 Å². The average molecular weight is 354 g/mol. The molecule has 1 aromatic heterocycles. The van der Waals surface area contributed by atoms with Crippen LogP contribution >= 0.6 is 11.6 Å². The monoisotopic (exact) mass is 353 g/mol. The van der Waals surface area contributed by atoms with Crippen LogP contribution in [0.1, 0.15) is 50.9 Å². The van der Waals surface area contributed by atoms with Crippen LogP contribution < -0.4 is 10.2 Å². The standard InChI is InChI=1S/C17H24ClN3O3/c1-11(22)12-9-14(18)19-15(10-12)21-7-5-13(6-8-21)24-16(23)20-17(2,3)4/h9-10,13H,5-8H2,1-4H3,(H,20,23). The van der Waals surface area contributed by atoms with Gasteiger partial charge in [-0.15, -0.1) is 0 Å². The Hall–Kier alpha value is -1.82. The number of carbonyl (C=O) groups excluding carboxylic acids is 2. The maximum atomic E-state index is 11.8. The zero-order valence-electron chi connectivity index (χ0n) is 14.6. The number of nitrogens with one attached hydrogen (secondary N) is 1. The second-order valence-electron chi connectivity index (χ2n) is 7.06. The van der Waals surface area contributed by atoms with Crippen LogP contribution in [0.5, 0.6) is 0 Å². The summed E-state index contributed by atoms with van der Waals surface area (Å²) in [6.45, 7) is 8.62. The van der Waals surface area contributed by atoms with Crippen molar-refractivity contribution in [2.45, 2.75) is 52.2 Å². The molecule has 0 saturated carbocycles. The maximum absolute atomic E-state index is 11.8. The minimum absolute atomic E-state index is 0.0439. The van der Waals surface area contributed by atoms with E-state index in [0.717, 1.165) is 0 Å². The minimum atomic E-state index is -0.388. The number of aromatic nitrogens is 1. The lowest BCUT2D eigenvalue weighted by Crippen LogP contribution is -2.44. The van der Waals surface area contributed by atoms with E-state index in [9.17, 15) is 9.59 Å². The van der Waals surface area contributed by atoms with Crippen LogP contribution in [0.3, 0.4) is 0 Å². The summed E-state index contributed by atoms with van der Waals surface area (Å²) in [5.74, 6) is 0.642. The Morgan fingerprint density at radius 3 is 2.46 bits per heavy atom. The van der Waals surface area contributed by atoms with E-state index in [-0.39, 0.29) is 23.5 Å². The first-order valence-corrected chi connectivity index (χ1v) is 8.44. The lowest BCUT2D eigenvalue weighted by Gasteiger charge is -2.33. The SMILES string of the molecule is CC(=O)c1cc(Cl)nc(N2CCC(OC(=O)NC(C)(C)C)CC2)c1. The number of anilines is 1. The van der Waals surface area contributed by atoms with Gasteiger partial charge in [-0.05, 0) is 39.8 Å². The molecule has 1 aliphatic rings. The maximum Gasteiger partial charge on any atom is 0.407 e. The van der Waals surface area contributed by atoms with E-state index in [1.807, 2.05) is 20.8 Å². The van der Waals surface area contributed by atoms with Gasteiger partial charge in [0.2, 0.25) is 0 Å². The second kappa shape index (κ2) is 7.38. The highest BCUT2D eigenvalue weighted by Crippen LogP contribution is 2.23. The largest absolute Gasteiger partial charge is 0.446 e. The Balaban J connectivity index is 1.93. The topological polar surface area (TPSA) is 71.5 Å². The fourth-order valence-corrected chi connectivity index (χ4v) is 2.74. The van der Waals surface area contributed by atoms with Crippen LogP contribution in [0.25, 0.3) is 0 Å². The highest BCUT2D eigenvalue weighted by Gasteiger charge is 2.25. The average Bonchev–Trinajstić information content (AvgIpc) is 2.45. The molecule has 2 rings (SSSR count). The Labute approximate surface area is 147 Å². The number of hydrogen-bond acceptors (Lipinski definition) is 5. The van der Waals surface area contributed by atoms with Gasteiger partial charge in [0, 0.05) is 37.0 Å². The van der Waals surface area contributed by atoms with Crippen molar-refractivity contribution < 1.29 is 14.3 Å². The number of piperidine rings is 1. The quantitative estimate of drug-likeness (QED) is 0.665. The van der Waals surface area contributed by atoms with Crippen LogP contribution in [-0.4, -0.2) is 41.6 Å². The fraction of sp³-hybridized carbons (Fsp3) is 0.588. The van der Waals surface area contributed by atoms with Gasteiger partial charge < -0.3 is 15.0 Å². The van der Waals surface area contributed by atoms with Crippen molar-refractivity contribution in [2.24, 2.45) is 0 Å². The third-order valence-corrected chi connectivity index (χ3v) is 3.90. The van der Waals surface area contributed by atoms with Crippen LogP contribution in [0.2, 0.25) is 5.15 Å². The van der Waals surface area contributed by atoms with Gasteiger partial charge in [0.25, 0.3) is 0 Å². The van der Waals surface area contributed by atoms with Crippen molar-refractivity contribution in [1.82, 2.24) is 10.3 Å². The predicted molar refractivity (Wildman–Crippen MR) is 93.9 cm³/mol. The molecule has 7 heteroatoms. The van der Waals surface area contributed by atoms with E-state index in [1.54, 1.807) is 12.1 Å². The molecular formula is C17H24ClN3O3. The first kappa shape index (κ1) is 18.5. The minimum Gasteiger partial charge on any atom is -0.446 e. The number of Topliss-reactive ketones (excluding diaryl/α,β-unsaturated/α-hetero) is 1. The fourth-order valence-electron chi connectivity index (χ4n) is 2.54. The molecule has 0 aromatic carbocycles. The molecule has 0 unspecified atom stereocenters. The highest BCUT2D eigenvalue weighted by molar-refractivity contribution is 6.29. The van der Waals surface area contributed by atoms with Gasteiger partial charge in [-0.2, -0.15) is 0 Å². The molecule has 1 aromatic rings. The Morgan fingerprint density at radius 1 is 1.29 bits per heavy atom. The first-order valence-electron chi connectivity index (χ1n) is 8.06. The van der Waals surface area contributed by atoms with Gasteiger partial charge in [0.15, 0.2) is 5.78 Å². The van der Waals surface area contributed by atoms with Crippen LogP contribution in [0.15, 0.2) is 12.1 Å². The molecule has 1 fully saturated rings. The Morgan fingerprint density at radius 2 is 1.92 bits per heavy atom. The van der Waals surface area contributed by atoms with Gasteiger partial charge in [0.05, 0.1) is 0 Å². The van der Waals surface area contributed by atoms with Crippen molar-refractivity contribution in [3.63, 3.8) is 0 Å². The lowest BCUT2D eigenvalue weighted by atomic mass is 10.1. The molecule has 24 heavy (non-hydrogen) atoms. The van der Waals surface area contributed by atoms with Gasteiger partial charge in [0.1, 0.15) is 17.1 Å². The molecule has 1 aliphatic heterocycles. The van der Waals surface area contributed by atoms with Crippen LogP contribution in [-0.2, 0) is 4.74 Å². The van der Waals surface area contributed by atoms with E-state index >= 15 is 0 Å². The summed E-state index contributed by atoms with van der Waals surface area (Å²) in [5.41, 5.74) is 0.235. The number of halogens is 1. The molecule has 0 aliphatic carbocycles. The summed E-state index contributed by atoms with van der Waals surface area (Å²) in [5, 5.41) is 3.10. The number of carbonyl (C=O) groups is 2. The summed E-state index contributed by atoms with van der Waals surface area (Å²) in [6, 6.07) is 3.32. The van der Waals surface area contributed by atoms with E-state index < -0.39 is 0 Å². The molecule has 0 spiro atoms. The van der Waals surface area contributed by atoms with Crippen molar-refractivity contribution in [1.29, 1.82) is 0 Å². The molecule has 2 heterocycles. The summed E-state index contributed by atoms with van der Waals surface area (Å²) in [4.78, 5) is 29.7. The lowest BCUT2D eigenvalue weighted by molar-refractivity contribution is 0.0776. The predicted octanol–water partition coefficient (Wildman–Crippen LogP) is 3.43. The van der Waals surface area contributed by atoms with Crippen molar-refractivity contribution in [2.75, 3.05) is 18.0 Å². The van der Waals surface area contributed by atoms with Crippen LogP contribution in [0, 0.1) is 0 Å². The van der Waals surface area contributed by atoms with E-state index in [2.05, 4.69) is 15.2 Å². The van der Waals surface area contributed by atoms with E-state index in [1.165, 1.54) is 6.92 Å². The highest BCUT2D eigenvalue weighted by atomic mass is 35.5. The normalized spacial score (nSPS) is 16.0. The first-order chi connectivity index (χ1) is 11.1. The number of alkyl carbamates (subject to hydrolysis) is 1. The number of pyridine rings is 1.